The number of nitrogens with one attached hydrogen (secondary N) is 2. The maximum atomic E-state index is 11.9. The minimum absolute atomic E-state index is 0.131. The van der Waals surface area contributed by atoms with Crippen molar-refractivity contribution in [2.45, 2.75) is 46.5 Å². The van der Waals surface area contributed by atoms with Gasteiger partial charge >= 0.3 is 0 Å². The fraction of sp³-hybridized carbons (Fsp3) is 0.786. The summed E-state index contributed by atoms with van der Waals surface area (Å²) in [6.07, 6.45) is 0.934. The average molecular weight is 281 g/mol. The molecule has 0 saturated heterocycles. The van der Waals surface area contributed by atoms with Gasteiger partial charge in [-0.2, -0.15) is 0 Å². The van der Waals surface area contributed by atoms with E-state index >= 15 is 0 Å². The highest BCUT2D eigenvalue weighted by Gasteiger charge is 2.20. The number of carbonyl (C=O) groups excluding carboxylic acids is 1. The van der Waals surface area contributed by atoms with E-state index in [1.54, 1.807) is 0 Å². The van der Waals surface area contributed by atoms with Gasteiger partial charge in [0.05, 0.1) is 0 Å². The van der Waals surface area contributed by atoms with Crippen LogP contribution in [0.1, 0.15) is 57.5 Å². The van der Waals surface area contributed by atoms with E-state index < -0.39 is 0 Å². The van der Waals surface area contributed by atoms with Crippen molar-refractivity contribution in [2.24, 2.45) is 0 Å². The number of hydrogen-bond acceptors (Lipinski definition) is 4. The molecule has 0 fully saturated rings. The van der Waals surface area contributed by atoms with E-state index in [0.717, 1.165) is 31.9 Å². The van der Waals surface area contributed by atoms with Crippen LogP contribution in [-0.2, 0) is 5.41 Å². The van der Waals surface area contributed by atoms with Gasteiger partial charge in [-0.05, 0) is 26.1 Å². The van der Waals surface area contributed by atoms with Crippen molar-refractivity contribution in [3.05, 3.63) is 11.6 Å². The summed E-state index contributed by atoms with van der Waals surface area (Å²) in [6.45, 7) is 14.1. The molecule has 0 unspecified atom stereocenters. The third kappa shape index (κ3) is 4.92. The first-order chi connectivity index (χ1) is 9.38. The Hall–Kier alpha value is -1.43. The average Bonchev–Trinajstić information content (AvgIpc) is 2.88. The Bertz CT molecular complexity index is 417. The second-order valence-electron chi connectivity index (χ2n) is 5.89. The Kier molecular flexibility index (Phi) is 6.13. The van der Waals surface area contributed by atoms with E-state index in [1.165, 1.54) is 0 Å². The highest BCUT2D eigenvalue weighted by molar-refractivity contribution is 5.90. The van der Waals surface area contributed by atoms with Gasteiger partial charge in [0.15, 0.2) is 0 Å². The molecular formula is C14H27N5O. The molecule has 20 heavy (non-hydrogen) atoms. The number of aromatic amines is 1. The Morgan fingerprint density at radius 1 is 1.30 bits per heavy atom. The molecule has 1 rings (SSSR count). The molecule has 1 heterocycles. The van der Waals surface area contributed by atoms with Gasteiger partial charge in [-0.1, -0.05) is 34.6 Å². The number of hydrogen-bond donors (Lipinski definition) is 2. The first kappa shape index (κ1) is 16.6. The monoisotopic (exact) mass is 281 g/mol. The van der Waals surface area contributed by atoms with Gasteiger partial charge in [-0.15, -0.1) is 5.10 Å². The zero-order chi connectivity index (χ0) is 15.2. The minimum atomic E-state index is -0.212. The molecule has 0 aliphatic carbocycles. The predicted molar refractivity (Wildman–Crippen MR) is 79.8 cm³/mol. The maximum Gasteiger partial charge on any atom is 0.290 e. The smallest absolute Gasteiger partial charge is 0.290 e. The van der Waals surface area contributed by atoms with E-state index in [4.69, 9.17) is 0 Å². The molecule has 0 aliphatic heterocycles. The van der Waals surface area contributed by atoms with Gasteiger partial charge in [0.1, 0.15) is 5.82 Å². The third-order valence-corrected chi connectivity index (χ3v) is 3.23. The molecule has 0 aliphatic rings. The topological polar surface area (TPSA) is 73.9 Å². The van der Waals surface area contributed by atoms with Crippen LogP contribution < -0.4 is 5.32 Å². The van der Waals surface area contributed by atoms with Crippen molar-refractivity contribution >= 4 is 5.91 Å². The summed E-state index contributed by atoms with van der Waals surface area (Å²) in [5.74, 6) is 0.736. The summed E-state index contributed by atoms with van der Waals surface area (Å²) in [5, 5.41) is 9.65. The van der Waals surface area contributed by atoms with Crippen LogP contribution in [0.3, 0.4) is 0 Å². The number of nitrogens with zero attached hydrogens (tertiary/aromatic N) is 3. The molecule has 0 radical (unpaired) electrons. The van der Waals surface area contributed by atoms with Crippen LogP contribution in [0.2, 0.25) is 0 Å². The fourth-order valence-electron chi connectivity index (χ4n) is 1.82. The number of rotatable bonds is 7. The fourth-order valence-corrected chi connectivity index (χ4v) is 1.82. The number of aromatic nitrogens is 3. The Labute approximate surface area is 121 Å². The molecule has 0 saturated carbocycles. The van der Waals surface area contributed by atoms with Crippen molar-refractivity contribution in [3.8, 4) is 0 Å². The molecule has 1 aromatic rings. The lowest BCUT2D eigenvalue weighted by Gasteiger charge is -2.17. The molecule has 6 heteroatoms. The maximum absolute atomic E-state index is 11.9. The molecule has 1 amide bonds. The first-order valence-electron chi connectivity index (χ1n) is 7.32. The second kappa shape index (κ2) is 7.38. The Balaban J connectivity index is 2.38. The predicted octanol–water partition coefficient (Wildman–Crippen LogP) is 1.56. The lowest BCUT2D eigenvalue weighted by atomic mass is 9.96. The molecule has 1 aromatic heterocycles. The largest absolute Gasteiger partial charge is 0.349 e. The summed E-state index contributed by atoms with van der Waals surface area (Å²) in [5.41, 5.74) is -0.131. The van der Waals surface area contributed by atoms with Crippen LogP contribution in [0.25, 0.3) is 0 Å². The summed E-state index contributed by atoms with van der Waals surface area (Å²) >= 11 is 0. The normalized spacial score (nSPS) is 11.9. The van der Waals surface area contributed by atoms with Crippen LogP contribution in [0, 0.1) is 0 Å². The molecule has 0 spiro atoms. The van der Waals surface area contributed by atoms with Crippen LogP contribution in [-0.4, -0.2) is 52.2 Å². The summed E-state index contributed by atoms with van der Waals surface area (Å²) in [4.78, 5) is 18.5. The summed E-state index contributed by atoms with van der Waals surface area (Å²) in [6, 6.07) is 0. The van der Waals surface area contributed by atoms with E-state index in [9.17, 15) is 4.79 Å². The SMILES string of the molecule is CCN(CC)CCCNC(=O)c1n[nH]c(C(C)(C)C)n1. The molecule has 6 nitrogen and oxygen atoms in total. The molecule has 0 atom stereocenters. The molecule has 114 valence electrons. The van der Waals surface area contributed by atoms with Crippen molar-refractivity contribution < 1.29 is 4.79 Å². The van der Waals surface area contributed by atoms with E-state index in [-0.39, 0.29) is 17.1 Å². The quantitative estimate of drug-likeness (QED) is 0.744. The van der Waals surface area contributed by atoms with E-state index in [2.05, 4.69) is 39.2 Å². The number of amides is 1. The summed E-state index contributed by atoms with van der Waals surface area (Å²) < 4.78 is 0. The van der Waals surface area contributed by atoms with Gasteiger partial charge in [0, 0.05) is 12.0 Å². The van der Waals surface area contributed by atoms with Crippen molar-refractivity contribution in [3.63, 3.8) is 0 Å². The molecule has 2 N–H and O–H groups in total. The zero-order valence-corrected chi connectivity index (χ0v) is 13.3. The van der Waals surface area contributed by atoms with Gasteiger partial charge < -0.3 is 10.2 Å². The van der Waals surface area contributed by atoms with Gasteiger partial charge in [0.2, 0.25) is 5.82 Å². The number of carbonyl (C=O) groups is 1. The Morgan fingerprint density at radius 3 is 2.45 bits per heavy atom. The van der Waals surface area contributed by atoms with Gasteiger partial charge in [0.25, 0.3) is 5.91 Å². The number of H-pyrrole nitrogens is 1. The standard InChI is InChI=1S/C14H27N5O/c1-6-19(7-2)10-8-9-15-12(20)11-16-13(18-17-11)14(3,4)5/h6-10H2,1-5H3,(H,15,20)(H,16,17,18). The van der Waals surface area contributed by atoms with Crippen LogP contribution in [0.5, 0.6) is 0 Å². The zero-order valence-electron chi connectivity index (χ0n) is 13.3. The first-order valence-corrected chi connectivity index (χ1v) is 7.32. The highest BCUT2D eigenvalue weighted by Crippen LogP contribution is 2.17. The summed E-state index contributed by atoms with van der Waals surface area (Å²) in [7, 11) is 0. The van der Waals surface area contributed by atoms with Crippen molar-refractivity contribution in [2.75, 3.05) is 26.2 Å². The van der Waals surface area contributed by atoms with Gasteiger partial charge in [-0.3, -0.25) is 9.89 Å². The minimum Gasteiger partial charge on any atom is -0.349 e. The Morgan fingerprint density at radius 2 is 1.95 bits per heavy atom. The highest BCUT2D eigenvalue weighted by atomic mass is 16.2. The lowest BCUT2D eigenvalue weighted by molar-refractivity contribution is 0.0941. The third-order valence-electron chi connectivity index (χ3n) is 3.23. The second-order valence-corrected chi connectivity index (χ2v) is 5.89. The van der Waals surface area contributed by atoms with Crippen LogP contribution >= 0.6 is 0 Å². The van der Waals surface area contributed by atoms with Gasteiger partial charge in [-0.25, -0.2) is 4.98 Å². The van der Waals surface area contributed by atoms with Crippen molar-refractivity contribution in [1.82, 2.24) is 25.4 Å². The molecule has 0 bridgehead atoms. The van der Waals surface area contributed by atoms with E-state index in [0.29, 0.717) is 6.54 Å². The van der Waals surface area contributed by atoms with Crippen LogP contribution in [0.4, 0.5) is 0 Å². The molecule has 0 aromatic carbocycles. The lowest BCUT2D eigenvalue weighted by Crippen LogP contribution is -2.30. The van der Waals surface area contributed by atoms with E-state index in [1.807, 2.05) is 20.8 Å². The molecular weight excluding hydrogens is 254 g/mol. The van der Waals surface area contributed by atoms with Crippen LogP contribution in [0.15, 0.2) is 0 Å². The van der Waals surface area contributed by atoms with Crippen molar-refractivity contribution in [1.29, 1.82) is 0 Å².